The molecule has 0 bridgehead atoms. The van der Waals surface area contributed by atoms with E-state index in [1.165, 1.54) is 0 Å². The zero-order valence-corrected chi connectivity index (χ0v) is 14.1. The van der Waals surface area contributed by atoms with E-state index >= 15 is 0 Å². The summed E-state index contributed by atoms with van der Waals surface area (Å²) >= 11 is 0. The van der Waals surface area contributed by atoms with Gasteiger partial charge in [0, 0.05) is 23.7 Å². The molecule has 4 aromatic rings. The van der Waals surface area contributed by atoms with Crippen molar-refractivity contribution in [2.45, 2.75) is 32.7 Å². The Morgan fingerprint density at radius 1 is 1.12 bits per heavy atom. The molecule has 6 nitrogen and oxygen atoms in total. The third-order valence-electron chi connectivity index (χ3n) is 4.47. The Bertz CT molecular complexity index is 1070. The summed E-state index contributed by atoms with van der Waals surface area (Å²) in [4.78, 5) is 11.8. The summed E-state index contributed by atoms with van der Waals surface area (Å²) in [6.45, 7) is 2.59. The number of rotatable bonds is 5. The van der Waals surface area contributed by atoms with E-state index in [1.807, 2.05) is 30.3 Å². The molecule has 0 saturated heterocycles. The van der Waals surface area contributed by atoms with Crippen LogP contribution in [0.2, 0.25) is 0 Å². The van der Waals surface area contributed by atoms with Crippen LogP contribution >= 0.6 is 0 Å². The Morgan fingerprint density at radius 3 is 2.80 bits per heavy atom. The molecule has 0 aliphatic rings. The van der Waals surface area contributed by atoms with Crippen LogP contribution in [0.3, 0.4) is 0 Å². The summed E-state index contributed by atoms with van der Waals surface area (Å²) in [6.07, 6.45) is 2.51. The first-order valence-corrected chi connectivity index (χ1v) is 8.56. The molecule has 0 unspecified atom stereocenters. The second-order valence-electron chi connectivity index (χ2n) is 6.19. The average Bonchev–Trinajstić information content (AvgIpc) is 3.15. The topological polar surface area (TPSA) is 72.2 Å². The van der Waals surface area contributed by atoms with E-state index in [9.17, 15) is 4.79 Å². The first-order chi connectivity index (χ1) is 12.3. The summed E-state index contributed by atoms with van der Waals surface area (Å²) < 4.78 is 1.76. The van der Waals surface area contributed by atoms with Crippen molar-refractivity contribution < 1.29 is 4.79 Å². The maximum atomic E-state index is 11.8. The fourth-order valence-electron chi connectivity index (χ4n) is 3.15. The molecule has 0 radical (unpaired) electrons. The van der Waals surface area contributed by atoms with Crippen LogP contribution < -0.4 is 5.32 Å². The standard InChI is InChI=1S/C19H19N5O/c1-2-3-8-18(25)20-12-13-9-10-15-14-6-4-5-7-16(14)19-21-22-23-24(19)17(15)11-13/h4-7,9-11H,2-3,8,12H2,1H3,(H,20,25). The van der Waals surface area contributed by atoms with Crippen molar-refractivity contribution in [3.05, 3.63) is 48.0 Å². The molecular weight excluding hydrogens is 314 g/mol. The van der Waals surface area contributed by atoms with Crippen molar-refractivity contribution in [1.82, 2.24) is 25.4 Å². The van der Waals surface area contributed by atoms with E-state index in [-0.39, 0.29) is 5.91 Å². The zero-order valence-electron chi connectivity index (χ0n) is 14.1. The third kappa shape index (κ3) is 2.80. The van der Waals surface area contributed by atoms with Gasteiger partial charge in [0.2, 0.25) is 5.91 Å². The van der Waals surface area contributed by atoms with Crippen LogP contribution in [0, 0.1) is 0 Å². The molecule has 0 aliphatic carbocycles. The molecule has 2 aromatic carbocycles. The third-order valence-corrected chi connectivity index (χ3v) is 4.47. The Labute approximate surface area is 144 Å². The van der Waals surface area contributed by atoms with E-state index in [2.05, 4.69) is 39.9 Å². The molecule has 1 N–H and O–H groups in total. The van der Waals surface area contributed by atoms with Gasteiger partial charge in [-0.1, -0.05) is 49.7 Å². The molecular formula is C19H19N5O. The largest absolute Gasteiger partial charge is 0.352 e. The van der Waals surface area contributed by atoms with Crippen LogP contribution in [-0.2, 0) is 11.3 Å². The van der Waals surface area contributed by atoms with Crippen LogP contribution in [0.15, 0.2) is 42.5 Å². The van der Waals surface area contributed by atoms with Crippen LogP contribution in [0.25, 0.3) is 27.3 Å². The monoisotopic (exact) mass is 333 g/mol. The fourth-order valence-corrected chi connectivity index (χ4v) is 3.15. The number of nitrogens with one attached hydrogen (secondary N) is 1. The Morgan fingerprint density at radius 2 is 1.96 bits per heavy atom. The number of nitrogens with zero attached hydrogens (tertiary/aromatic N) is 4. The molecule has 0 aliphatic heterocycles. The normalized spacial score (nSPS) is 11.4. The first kappa shape index (κ1) is 15.5. The second kappa shape index (κ2) is 6.47. The van der Waals surface area contributed by atoms with Gasteiger partial charge >= 0.3 is 0 Å². The minimum atomic E-state index is 0.0908. The van der Waals surface area contributed by atoms with E-state index in [0.717, 1.165) is 45.7 Å². The summed E-state index contributed by atoms with van der Waals surface area (Å²) in [7, 11) is 0. The first-order valence-electron chi connectivity index (χ1n) is 8.56. The van der Waals surface area contributed by atoms with Crippen molar-refractivity contribution in [3.8, 4) is 0 Å². The molecule has 4 rings (SSSR count). The van der Waals surface area contributed by atoms with Crippen LogP contribution in [-0.4, -0.2) is 25.9 Å². The maximum Gasteiger partial charge on any atom is 0.220 e. The zero-order chi connectivity index (χ0) is 17.2. The number of fused-ring (bicyclic) bond motifs is 6. The van der Waals surface area contributed by atoms with Crippen molar-refractivity contribution in [2.75, 3.05) is 0 Å². The molecule has 25 heavy (non-hydrogen) atoms. The number of amides is 1. The predicted molar refractivity (Wildman–Crippen MR) is 97.2 cm³/mol. The summed E-state index contributed by atoms with van der Waals surface area (Å²) in [5, 5.41) is 18.4. The number of hydrogen-bond acceptors (Lipinski definition) is 4. The van der Waals surface area contributed by atoms with Gasteiger partial charge < -0.3 is 5.32 Å². The van der Waals surface area contributed by atoms with Crippen molar-refractivity contribution in [3.63, 3.8) is 0 Å². The lowest BCUT2D eigenvalue weighted by molar-refractivity contribution is -0.121. The highest BCUT2D eigenvalue weighted by Crippen LogP contribution is 2.28. The molecule has 0 spiro atoms. The predicted octanol–water partition coefficient (Wildman–Crippen LogP) is 3.24. The van der Waals surface area contributed by atoms with E-state index < -0.39 is 0 Å². The smallest absolute Gasteiger partial charge is 0.220 e. The minimum absolute atomic E-state index is 0.0908. The van der Waals surface area contributed by atoms with Gasteiger partial charge in [-0.25, -0.2) is 0 Å². The van der Waals surface area contributed by atoms with E-state index in [4.69, 9.17) is 0 Å². The molecule has 2 aromatic heterocycles. The number of pyridine rings is 1. The lowest BCUT2D eigenvalue weighted by Crippen LogP contribution is -2.22. The van der Waals surface area contributed by atoms with E-state index in [0.29, 0.717) is 13.0 Å². The van der Waals surface area contributed by atoms with Crippen LogP contribution in [0.5, 0.6) is 0 Å². The number of carbonyl (C=O) groups is 1. The summed E-state index contributed by atoms with van der Waals surface area (Å²) in [5.41, 5.74) is 2.72. The van der Waals surface area contributed by atoms with Gasteiger partial charge in [-0.3, -0.25) is 4.79 Å². The maximum absolute atomic E-state index is 11.8. The molecule has 1 amide bonds. The van der Waals surface area contributed by atoms with Crippen molar-refractivity contribution in [2.24, 2.45) is 0 Å². The SMILES string of the molecule is CCCCC(=O)NCc1ccc2c3ccccc3c3nnnn3c2c1. The van der Waals surface area contributed by atoms with Gasteiger partial charge in [0.05, 0.1) is 5.52 Å². The van der Waals surface area contributed by atoms with Crippen molar-refractivity contribution in [1.29, 1.82) is 0 Å². The number of benzene rings is 2. The Balaban J connectivity index is 1.75. The van der Waals surface area contributed by atoms with Gasteiger partial charge in [-0.05, 0) is 33.9 Å². The molecule has 2 heterocycles. The molecule has 126 valence electrons. The average molecular weight is 333 g/mol. The lowest BCUT2D eigenvalue weighted by Gasteiger charge is -2.09. The quantitative estimate of drug-likeness (QED) is 0.569. The number of carbonyl (C=O) groups excluding carboxylic acids is 1. The molecule has 0 fully saturated rings. The summed E-state index contributed by atoms with van der Waals surface area (Å²) in [5.74, 6) is 0.0908. The highest BCUT2D eigenvalue weighted by atomic mass is 16.1. The van der Waals surface area contributed by atoms with Gasteiger partial charge in [-0.2, -0.15) is 4.52 Å². The van der Waals surface area contributed by atoms with Gasteiger partial charge in [-0.15, -0.1) is 5.10 Å². The Hall–Kier alpha value is -3.02. The second-order valence-corrected chi connectivity index (χ2v) is 6.19. The highest BCUT2D eigenvalue weighted by molar-refractivity contribution is 6.11. The van der Waals surface area contributed by atoms with Crippen molar-refractivity contribution >= 4 is 33.2 Å². The van der Waals surface area contributed by atoms with Crippen LogP contribution in [0.1, 0.15) is 31.7 Å². The minimum Gasteiger partial charge on any atom is -0.352 e. The number of aromatic nitrogens is 4. The van der Waals surface area contributed by atoms with Crippen LogP contribution in [0.4, 0.5) is 0 Å². The number of unbranched alkanes of at least 4 members (excludes halogenated alkanes) is 1. The van der Waals surface area contributed by atoms with E-state index in [1.54, 1.807) is 4.52 Å². The highest BCUT2D eigenvalue weighted by Gasteiger charge is 2.11. The molecule has 6 heteroatoms. The molecule has 0 atom stereocenters. The number of tetrazole rings is 1. The lowest BCUT2D eigenvalue weighted by atomic mass is 10.0. The van der Waals surface area contributed by atoms with Gasteiger partial charge in [0.1, 0.15) is 0 Å². The van der Waals surface area contributed by atoms with Gasteiger partial charge in [0.15, 0.2) is 5.65 Å². The Kier molecular flexibility index (Phi) is 4.01. The number of hydrogen-bond donors (Lipinski definition) is 1. The fraction of sp³-hybridized carbons (Fsp3) is 0.263. The summed E-state index contributed by atoms with van der Waals surface area (Å²) in [6, 6.07) is 14.3. The molecule has 0 saturated carbocycles. The van der Waals surface area contributed by atoms with Gasteiger partial charge in [0.25, 0.3) is 0 Å².